The Morgan fingerprint density at radius 3 is 2.89 bits per heavy atom. The lowest BCUT2D eigenvalue weighted by molar-refractivity contribution is -0.00815. The number of nitrogens with two attached hydrogens (primary N) is 1. The molecule has 6 nitrogen and oxygen atoms in total. The van der Waals surface area contributed by atoms with Crippen LogP contribution in [0.5, 0.6) is 0 Å². The summed E-state index contributed by atoms with van der Waals surface area (Å²) in [5, 5.41) is 2.82. The Hall–Kier alpha value is -1.66. The third-order valence-corrected chi connectivity index (χ3v) is 2.38. The molecule has 0 aliphatic heterocycles. The number of aromatic nitrogens is 1. The average Bonchev–Trinajstić information content (AvgIpc) is 2.36. The number of hydrogen-bond donors (Lipinski definition) is 3. The fraction of sp³-hybridized carbons (Fsp3) is 0.500. The number of pyridine rings is 1. The number of nitrogen functional groups attached to an aromatic ring is 1. The van der Waals surface area contributed by atoms with E-state index in [0.29, 0.717) is 24.5 Å². The maximum absolute atomic E-state index is 11.9. The van der Waals surface area contributed by atoms with Crippen molar-refractivity contribution >= 4 is 11.7 Å². The first kappa shape index (κ1) is 14.4. The first-order chi connectivity index (χ1) is 8.48. The molecule has 0 bridgehead atoms. The van der Waals surface area contributed by atoms with Gasteiger partial charge in [-0.3, -0.25) is 4.79 Å². The van der Waals surface area contributed by atoms with E-state index in [-0.39, 0.29) is 11.5 Å². The van der Waals surface area contributed by atoms with Gasteiger partial charge in [-0.25, -0.2) is 10.8 Å². The number of ether oxygens (including phenoxy) is 1. The number of carbonyl (C=O) groups excluding carboxylic acids is 1. The zero-order valence-electron chi connectivity index (χ0n) is 11.0. The minimum Gasteiger partial charge on any atom is -0.374 e. The van der Waals surface area contributed by atoms with E-state index in [1.807, 2.05) is 20.8 Å². The Morgan fingerprint density at radius 2 is 2.28 bits per heavy atom. The van der Waals surface area contributed by atoms with Crippen LogP contribution < -0.4 is 16.6 Å². The van der Waals surface area contributed by atoms with Gasteiger partial charge >= 0.3 is 0 Å². The van der Waals surface area contributed by atoms with Crippen LogP contribution in [0.15, 0.2) is 18.3 Å². The Bertz CT molecular complexity index is 407. The van der Waals surface area contributed by atoms with Gasteiger partial charge in [0.05, 0.1) is 5.60 Å². The highest BCUT2D eigenvalue weighted by molar-refractivity contribution is 5.94. The fourth-order valence-electron chi connectivity index (χ4n) is 1.49. The molecule has 4 N–H and O–H groups in total. The van der Waals surface area contributed by atoms with Gasteiger partial charge < -0.3 is 15.5 Å². The maximum atomic E-state index is 11.9. The average molecular weight is 252 g/mol. The van der Waals surface area contributed by atoms with E-state index in [4.69, 9.17) is 10.6 Å². The number of hydrazine groups is 1. The van der Waals surface area contributed by atoms with Gasteiger partial charge in [0.15, 0.2) is 0 Å². The molecule has 0 saturated heterocycles. The summed E-state index contributed by atoms with van der Waals surface area (Å²) in [6.45, 7) is 6.82. The summed E-state index contributed by atoms with van der Waals surface area (Å²) in [5.74, 6) is 5.51. The van der Waals surface area contributed by atoms with Crippen LogP contribution in [-0.2, 0) is 4.74 Å². The molecular formula is C12H20N4O2. The minimum absolute atomic E-state index is 0.179. The molecule has 0 saturated carbocycles. The zero-order chi connectivity index (χ0) is 13.6. The standard InChI is InChI=1S/C12H20N4O2/c1-4-18-12(2,3)8-15-11(17)9-5-6-14-10(7-9)16-13/h5-7H,4,8,13H2,1-3H3,(H,14,16)(H,15,17). The van der Waals surface area contributed by atoms with Crippen LogP contribution >= 0.6 is 0 Å². The molecule has 1 amide bonds. The van der Waals surface area contributed by atoms with E-state index in [1.54, 1.807) is 12.1 Å². The van der Waals surface area contributed by atoms with Crippen molar-refractivity contribution < 1.29 is 9.53 Å². The predicted molar refractivity (Wildman–Crippen MR) is 70.1 cm³/mol. The van der Waals surface area contributed by atoms with Gasteiger partial charge in [0.1, 0.15) is 5.82 Å². The first-order valence-electron chi connectivity index (χ1n) is 5.83. The van der Waals surface area contributed by atoms with Crippen molar-refractivity contribution in [3.63, 3.8) is 0 Å². The second kappa shape index (κ2) is 6.32. The highest BCUT2D eigenvalue weighted by atomic mass is 16.5. The molecule has 0 aliphatic rings. The largest absolute Gasteiger partial charge is 0.374 e. The van der Waals surface area contributed by atoms with E-state index in [2.05, 4.69) is 15.7 Å². The Labute approximate surface area is 107 Å². The summed E-state index contributed by atoms with van der Waals surface area (Å²) < 4.78 is 5.50. The van der Waals surface area contributed by atoms with Crippen LogP contribution in [0.1, 0.15) is 31.1 Å². The molecule has 6 heteroatoms. The van der Waals surface area contributed by atoms with Gasteiger partial charge in [-0.05, 0) is 32.9 Å². The van der Waals surface area contributed by atoms with Crippen molar-refractivity contribution in [3.8, 4) is 0 Å². The van der Waals surface area contributed by atoms with Gasteiger partial charge in [0, 0.05) is 24.9 Å². The summed E-state index contributed by atoms with van der Waals surface area (Å²) in [5.41, 5.74) is 2.52. The summed E-state index contributed by atoms with van der Waals surface area (Å²) in [4.78, 5) is 15.8. The SMILES string of the molecule is CCOC(C)(C)CNC(=O)c1ccnc(NN)c1. The Kier molecular flexibility index (Phi) is 5.06. The van der Waals surface area contributed by atoms with Crippen molar-refractivity contribution in [1.29, 1.82) is 0 Å². The van der Waals surface area contributed by atoms with Crippen LogP contribution in [0.3, 0.4) is 0 Å². The molecule has 0 radical (unpaired) electrons. The van der Waals surface area contributed by atoms with Gasteiger partial charge in [-0.2, -0.15) is 0 Å². The van der Waals surface area contributed by atoms with E-state index in [9.17, 15) is 4.79 Å². The summed E-state index contributed by atoms with van der Waals surface area (Å²) in [7, 11) is 0. The highest BCUT2D eigenvalue weighted by Crippen LogP contribution is 2.09. The van der Waals surface area contributed by atoms with Gasteiger partial charge in [-0.15, -0.1) is 0 Å². The quantitative estimate of drug-likeness (QED) is 0.517. The number of hydrogen-bond acceptors (Lipinski definition) is 5. The third-order valence-electron chi connectivity index (χ3n) is 2.38. The lowest BCUT2D eigenvalue weighted by atomic mass is 10.1. The molecule has 1 rings (SSSR count). The molecule has 0 aliphatic carbocycles. The van der Waals surface area contributed by atoms with Crippen LogP contribution in [0.25, 0.3) is 0 Å². The number of nitrogens with zero attached hydrogens (tertiary/aromatic N) is 1. The molecule has 0 atom stereocenters. The molecule has 0 fully saturated rings. The maximum Gasteiger partial charge on any atom is 0.251 e. The number of rotatable bonds is 6. The normalized spacial score (nSPS) is 11.1. The van der Waals surface area contributed by atoms with Crippen molar-refractivity contribution in [1.82, 2.24) is 10.3 Å². The Morgan fingerprint density at radius 1 is 1.56 bits per heavy atom. The van der Waals surface area contributed by atoms with E-state index < -0.39 is 0 Å². The number of nitrogens with one attached hydrogen (secondary N) is 2. The van der Waals surface area contributed by atoms with Crippen molar-refractivity contribution in [2.24, 2.45) is 5.84 Å². The van der Waals surface area contributed by atoms with Crippen LogP contribution in [-0.4, -0.2) is 29.6 Å². The third kappa shape index (κ3) is 4.31. The topological polar surface area (TPSA) is 89.3 Å². The fourth-order valence-corrected chi connectivity index (χ4v) is 1.49. The van der Waals surface area contributed by atoms with Crippen molar-refractivity contribution in [2.75, 3.05) is 18.6 Å². The minimum atomic E-state index is -0.383. The molecule has 1 heterocycles. The summed E-state index contributed by atoms with van der Waals surface area (Å²) in [6.07, 6.45) is 1.53. The zero-order valence-corrected chi connectivity index (χ0v) is 11.0. The van der Waals surface area contributed by atoms with Crippen LogP contribution in [0, 0.1) is 0 Å². The van der Waals surface area contributed by atoms with E-state index in [0.717, 1.165) is 0 Å². The summed E-state index contributed by atoms with van der Waals surface area (Å²) in [6, 6.07) is 3.22. The molecule has 0 unspecified atom stereocenters. The monoisotopic (exact) mass is 252 g/mol. The molecule has 18 heavy (non-hydrogen) atoms. The molecule has 0 spiro atoms. The number of amides is 1. The molecule has 100 valence electrons. The van der Waals surface area contributed by atoms with Gasteiger partial charge in [0.2, 0.25) is 0 Å². The molecule has 1 aromatic heterocycles. The van der Waals surface area contributed by atoms with Gasteiger partial charge in [0.25, 0.3) is 5.91 Å². The molecular weight excluding hydrogens is 232 g/mol. The lowest BCUT2D eigenvalue weighted by Crippen LogP contribution is -2.40. The predicted octanol–water partition coefficient (Wildman–Crippen LogP) is 0.912. The molecule has 1 aromatic rings. The van der Waals surface area contributed by atoms with Crippen molar-refractivity contribution in [3.05, 3.63) is 23.9 Å². The Balaban J connectivity index is 2.60. The molecule has 0 aromatic carbocycles. The number of carbonyl (C=O) groups is 1. The summed E-state index contributed by atoms with van der Waals surface area (Å²) >= 11 is 0. The van der Waals surface area contributed by atoms with E-state index in [1.165, 1.54) is 6.20 Å². The second-order valence-electron chi connectivity index (χ2n) is 4.45. The van der Waals surface area contributed by atoms with Crippen LogP contribution in [0.4, 0.5) is 5.82 Å². The van der Waals surface area contributed by atoms with Gasteiger partial charge in [-0.1, -0.05) is 0 Å². The van der Waals surface area contributed by atoms with Crippen LogP contribution in [0.2, 0.25) is 0 Å². The van der Waals surface area contributed by atoms with Crippen molar-refractivity contribution in [2.45, 2.75) is 26.4 Å². The second-order valence-corrected chi connectivity index (χ2v) is 4.45. The first-order valence-corrected chi connectivity index (χ1v) is 5.83. The highest BCUT2D eigenvalue weighted by Gasteiger charge is 2.19. The smallest absolute Gasteiger partial charge is 0.251 e. The number of anilines is 1. The lowest BCUT2D eigenvalue weighted by Gasteiger charge is -2.24. The van der Waals surface area contributed by atoms with E-state index >= 15 is 0 Å².